The molecule has 9 nitrogen and oxygen atoms in total. The molecule has 2 unspecified atom stereocenters. The summed E-state index contributed by atoms with van der Waals surface area (Å²) in [7, 11) is -4.18. The van der Waals surface area contributed by atoms with E-state index < -0.39 is 33.5 Å². The Morgan fingerprint density at radius 1 is 1.14 bits per heavy atom. The zero-order chi connectivity index (χ0) is 20.1. The zero-order valence-corrected chi connectivity index (χ0v) is 15.6. The Morgan fingerprint density at radius 3 is 2.36 bits per heavy atom. The Kier molecular flexibility index (Phi) is 4.76. The highest BCUT2D eigenvalue weighted by atomic mass is 32.2. The molecule has 0 spiro atoms. The summed E-state index contributed by atoms with van der Waals surface area (Å²) in [5.74, 6) is -3.89. The number of carbonyl (C=O) groups excluding carboxylic acids is 1. The number of nitrogens with zero attached hydrogens (tertiary/aromatic N) is 1. The maximum absolute atomic E-state index is 14.1. The molecule has 4 rings (SSSR count). The van der Waals surface area contributed by atoms with E-state index in [9.17, 15) is 22.4 Å². The number of carbonyl (C=O) groups is 2. The maximum Gasteiger partial charge on any atom is 0.338 e. The summed E-state index contributed by atoms with van der Waals surface area (Å²) in [6.07, 6.45) is 2.51. The van der Waals surface area contributed by atoms with Gasteiger partial charge in [0, 0.05) is 0 Å². The molecule has 0 radical (unpaired) electrons. The van der Waals surface area contributed by atoms with E-state index in [0.29, 0.717) is 18.9 Å². The monoisotopic (exact) mass is 414 g/mol. The number of fused-ring (bicyclic) bond motifs is 2. The Bertz CT molecular complexity index is 916. The van der Waals surface area contributed by atoms with Gasteiger partial charge in [0.1, 0.15) is 11.6 Å². The molecule has 152 valence electrons. The van der Waals surface area contributed by atoms with Gasteiger partial charge in [0.2, 0.25) is 0 Å². The molecular weight excluding hydrogens is 395 g/mol. The van der Waals surface area contributed by atoms with Gasteiger partial charge in [-0.3, -0.25) is 4.79 Å². The number of benzene rings is 1. The predicted octanol–water partition coefficient (Wildman–Crippen LogP) is 0.903. The average Bonchev–Trinajstić information content (AvgIpc) is 3.39. The second-order valence-corrected chi connectivity index (χ2v) is 8.72. The highest BCUT2D eigenvalue weighted by Gasteiger charge is 2.45. The predicted molar refractivity (Wildman–Crippen MR) is 92.9 cm³/mol. The summed E-state index contributed by atoms with van der Waals surface area (Å²) in [6, 6.07) is 0.908. The fourth-order valence-electron chi connectivity index (χ4n) is 3.57. The summed E-state index contributed by atoms with van der Waals surface area (Å²) >= 11 is 0. The number of aromatic carboxylic acids is 1. The van der Waals surface area contributed by atoms with Crippen molar-refractivity contribution in [3.63, 3.8) is 0 Å². The molecule has 1 amide bonds. The first-order valence-electron chi connectivity index (χ1n) is 8.93. The number of ether oxygens (including phenoxy) is 2. The van der Waals surface area contributed by atoms with Crippen LogP contribution in [0.25, 0.3) is 0 Å². The highest BCUT2D eigenvalue weighted by molar-refractivity contribution is 7.87. The molecule has 1 aromatic rings. The van der Waals surface area contributed by atoms with Crippen LogP contribution in [0.3, 0.4) is 0 Å². The molecule has 2 aliphatic heterocycles. The zero-order valence-electron chi connectivity index (χ0n) is 14.8. The van der Waals surface area contributed by atoms with Crippen LogP contribution in [-0.2, 0) is 14.9 Å². The molecule has 1 aromatic carbocycles. The average molecular weight is 414 g/mol. The first kappa shape index (κ1) is 19.1. The van der Waals surface area contributed by atoms with E-state index in [1.54, 1.807) is 0 Å². The van der Waals surface area contributed by atoms with Crippen molar-refractivity contribution in [2.24, 2.45) is 0 Å². The van der Waals surface area contributed by atoms with E-state index in [4.69, 9.17) is 14.6 Å². The number of hydrogen-bond donors (Lipinski definition) is 2. The van der Waals surface area contributed by atoms with Crippen molar-refractivity contribution in [3.8, 4) is 5.75 Å². The topological polar surface area (TPSA) is 122 Å². The molecule has 2 atom stereocenters. The third-order valence-electron chi connectivity index (χ3n) is 5.03. The lowest BCUT2D eigenvalue weighted by Gasteiger charge is -2.33. The molecule has 3 fully saturated rings. The summed E-state index contributed by atoms with van der Waals surface area (Å²) in [6.45, 7) is 0.507. The number of carboxylic acids is 1. The Balaban J connectivity index is 1.62. The summed E-state index contributed by atoms with van der Waals surface area (Å²) in [5, 5.41) is 9.08. The Hall–Kier alpha value is -2.24. The molecule has 0 aromatic heterocycles. The van der Waals surface area contributed by atoms with E-state index in [-0.39, 0.29) is 42.7 Å². The van der Waals surface area contributed by atoms with Gasteiger partial charge >= 0.3 is 16.2 Å². The van der Waals surface area contributed by atoms with Crippen LogP contribution in [0.2, 0.25) is 0 Å². The number of hydrogen-bond acceptors (Lipinski definition) is 6. The van der Waals surface area contributed by atoms with Gasteiger partial charge in [-0.2, -0.15) is 12.7 Å². The van der Waals surface area contributed by atoms with Crippen LogP contribution < -0.4 is 9.46 Å². The van der Waals surface area contributed by atoms with Gasteiger partial charge < -0.3 is 14.6 Å². The van der Waals surface area contributed by atoms with Crippen LogP contribution in [0.4, 0.5) is 4.39 Å². The molecule has 28 heavy (non-hydrogen) atoms. The molecule has 2 bridgehead atoms. The molecule has 2 N–H and O–H groups in total. The standard InChI is InChI=1S/C17H19FN2O7S/c18-14-5-13(15(27-11-3-4-11)6-12(14)17(22)23)16(21)19-28(24,25)20-9-1-2-10(20)8-26-7-9/h5-6,9-11H,1-4,7-8H2,(H,19,21)(H,22,23). The lowest BCUT2D eigenvalue weighted by atomic mass is 10.1. The van der Waals surface area contributed by atoms with Crippen LogP contribution in [0.15, 0.2) is 12.1 Å². The van der Waals surface area contributed by atoms with Gasteiger partial charge in [-0.1, -0.05) is 0 Å². The van der Waals surface area contributed by atoms with E-state index in [2.05, 4.69) is 0 Å². The summed E-state index contributed by atoms with van der Waals surface area (Å²) < 4.78 is 53.7. The summed E-state index contributed by atoms with van der Waals surface area (Å²) in [5.41, 5.74) is -1.01. The van der Waals surface area contributed by atoms with Crippen molar-refractivity contribution in [2.75, 3.05) is 13.2 Å². The molecular formula is C17H19FN2O7S. The van der Waals surface area contributed by atoms with E-state index in [1.165, 1.54) is 4.31 Å². The maximum atomic E-state index is 14.1. The van der Waals surface area contributed by atoms with Crippen molar-refractivity contribution >= 4 is 22.1 Å². The second-order valence-electron chi connectivity index (χ2n) is 7.14. The molecule has 2 heterocycles. The molecule has 2 saturated heterocycles. The van der Waals surface area contributed by atoms with Gasteiger partial charge in [-0.05, 0) is 37.8 Å². The quantitative estimate of drug-likeness (QED) is 0.709. The van der Waals surface area contributed by atoms with Crippen molar-refractivity contribution in [2.45, 2.75) is 43.9 Å². The van der Waals surface area contributed by atoms with E-state index >= 15 is 0 Å². The number of rotatable bonds is 6. The Morgan fingerprint density at radius 2 is 1.79 bits per heavy atom. The second kappa shape index (κ2) is 6.98. The number of morpholine rings is 1. The smallest absolute Gasteiger partial charge is 0.338 e. The molecule has 11 heteroatoms. The molecule has 3 aliphatic rings. The van der Waals surface area contributed by atoms with E-state index in [0.717, 1.165) is 18.9 Å². The van der Waals surface area contributed by atoms with Crippen LogP contribution in [0.1, 0.15) is 46.4 Å². The lowest BCUT2D eigenvalue weighted by Crippen LogP contribution is -2.54. The van der Waals surface area contributed by atoms with Gasteiger partial charge in [-0.25, -0.2) is 13.9 Å². The van der Waals surface area contributed by atoms with Crippen molar-refractivity contribution in [3.05, 3.63) is 29.1 Å². The number of carboxylic acid groups (broad SMARTS) is 1. The SMILES string of the molecule is O=C(O)c1cc(OC2CC2)c(C(=O)NS(=O)(=O)N2C3CCC2COC3)cc1F. The number of halogens is 1. The lowest BCUT2D eigenvalue weighted by molar-refractivity contribution is 0.0263. The highest BCUT2D eigenvalue weighted by Crippen LogP contribution is 2.33. The van der Waals surface area contributed by atoms with Crippen LogP contribution in [0.5, 0.6) is 5.75 Å². The molecule has 1 aliphatic carbocycles. The largest absolute Gasteiger partial charge is 0.490 e. The third-order valence-corrected chi connectivity index (χ3v) is 6.63. The van der Waals surface area contributed by atoms with Crippen LogP contribution in [-0.4, -0.2) is 61.1 Å². The minimum absolute atomic E-state index is 0.154. The number of nitrogens with one attached hydrogen (secondary N) is 1. The number of amides is 1. The first-order chi connectivity index (χ1) is 13.3. The van der Waals surface area contributed by atoms with Crippen LogP contribution in [0, 0.1) is 5.82 Å². The van der Waals surface area contributed by atoms with Crippen molar-refractivity contribution < 1.29 is 37.0 Å². The Labute approximate surface area is 160 Å². The van der Waals surface area contributed by atoms with E-state index in [1.807, 2.05) is 4.72 Å². The molecule has 1 saturated carbocycles. The van der Waals surface area contributed by atoms with Crippen molar-refractivity contribution in [1.82, 2.24) is 9.03 Å². The summed E-state index contributed by atoms with van der Waals surface area (Å²) in [4.78, 5) is 23.8. The minimum atomic E-state index is -4.18. The normalized spacial score (nSPS) is 24.8. The first-order valence-corrected chi connectivity index (χ1v) is 10.4. The van der Waals surface area contributed by atoms with Crippen LogP contribution >= 0.6 is 0 Å². The fraction of sp³-hybridized carbons (Fsp3) is 0.529. The van der Waals surface area contributed by atoms with Gasteiger partial charge in [0.25, 0.3) is 5.91 Å². The minimum Gasteiger partial charge on any atom is -0.490 e. The van der Waals surface area contributed by atoms with Gasteiger partial charge in [-0.15, -0.1) is 0 Å². The third kappa shape index (κ3) is 3.56. The van der Waals surface area contributed by atoms with Gasteiger partial charge in [0.15, 0.2) is 0 Å². The fourth-order valence-corrected chi connectivity index (χ4v) is 5.13. The van der Waals surface area contributed by atoms with Crippen molar-refractivity contribution in [1.29, 1.82) is 0 Å². The van der Waals surface area contributed by atoms with Gasteiger partial charge in [0.05, 0.1) is 42.5 Å².